The number of carbonyl (C=O) groups is 3. The molecular formula is C23H24N4O5. The average molecular weight is 436 g/mol. The lowest BCUT2D eigenvalue weighted by Crippen LogP contribution is -2.23. The summed E-state index contributed by atoms with van der Waals surface area (Å²) >= 11 is 0. The predicted octanol–water partition coefficient (Wildman–Crippen LogP) is 2.77. The van der Waals surface area contributed by atoms with Crippen molar-refractivity contribution in [2.24, 2.45) is 0 Å². The minimum absolute atomic E-state index is 0.0259. The van der Waals surface area contributed by atoms with Crippen LogP contribution in [0.3, 0.4) is 0 Å². The Morgan fingerprint density at radius 3 is 2.50 bits per heavy atom. The molecule has 0 atom stereocenters. The molecule has 1 N–H and O–H groups in total. The first-order valence-electron chi connectivity index (χ1n) is 9.95. The van der Waals surface area contributed by atoms with Gasteiger partial charge in [0, 0.05) is 25.3 Å². The second kappa shape index (κ2) is 10.3. The van der Waals surface area contributed by atoms with Gasteiger partial charge in [0.05, 0.1) is 18.5 Å². The van der Waals surface area contributed by atoms with Gasteiger partial charge in [0.1, 0.15) is 0 Å². The summed E-state index contributed by atoms with van der Waals surface area (Å²) in [6, 6.07) is 15.8. The highest BCUT2D eigenvalue weighted by Gasteiger charge is 2.21. The fourth-order valence-electron chi connectivity index (χ4n) is 2.85. The first kappa shape index (κ1) is 22.5. The minimum atomic E-state index is -0.646. The van der Waals surface area contributed by atoms with Crippen LogP contribution >= 0.6 is 0 Å². The maximum Gasteiger partial charge on any atom is 0.362 e. The van der Waals surface area contributed by atoms with E-state index in [-0.39, 0.29) is 30.6 Å². The van der Waals surface area contributed by atoms with Crippen LogP contribution in [0.15, 0.2) is 60.8 Å². The topological polar surface area (TPSA) is 103 Å². The normalized spacial score (nSPS) is 10.3. The molecule has 1 heterocycles. The number of ether oxygens (including phenoxy) is 2. The molecule has 0 aliphatic rings. The van der Waals surface area contributed by atoms with Crippen LogP contribution in [0, 0.1) is 0 Å². The van der Waals surface area contributed by atoms with Gasteiger partial charge in [0.2, 0.25) is 5.69 Å². The van der Waals surface area contributed by atoms with Crippen molar-refractivity contribution in [3.8, 4) is 11.4 Å². The molecule has 0 spiro atoms. The van der Waals surface area contributed by atoms with Gasteiger partial charge in [0.25, 0.3) is 11.8 Å². The number of benzene rings is 2. The van der Waals surface area contributed by atoms with E-state index in [0.29, 0.717) is 11.3 Å². The smallest absolute Gasteiger partial charge is 0.362 e. The van der Waals surface area contributed by atoms with Gasteiger partial charge in [-0.3, -0.25) is 9.59 Å². The molecule has 32 heavy (non-hydrogen) atoms. The van der Waals surface area contributed by atoms with E-state index in [4.69, 9.17) is 9.47 Å². The summed E-state index contributed by atoms with van der Waals surface area (Å²) in [5.74, 6) is -1.15. The number of carbonyl (C=O) groups excluding carboxylic acids is 3. The summed E-state index contributed by atoms with van der Waals surface area (Å²) < 4.78 is 12.1. The molecule has 0 radical (unpaired) electrons. The third kappa shape index (κ3) is 5.51. The van der Waals surface area contributed by atoms with Gasteiger partial charge >= 0.3 is 5.97 Å². The maximum atomic E-state index is 12.4. The van der Waals surface area contributed by atoms with Crippen molar-refractivity contribution in [2.45, 2.75) is 6.92 Å². The Kier molecular flexibility index (Phi) is 7.22. The number of aromatic nitrogens is 2. The van der Waals surface area contributed by atoms with Crippen molar-refractivity contribution in [1.29, 1.82) is 0 Å². The third-order valence-electron chi connectivity index (χ3n) is 4.33. The Labute approximate surface area is 185 Å². The van der Waals surface area contributed by atoms with E-state index in [1.54, 1.807) is 45.3 Å². The molecular weight excluding hydrogens is 412 g/mol. The second-order valence-electron chi connectivity index (χ2n) is 6.96. The van der Waals surface area contributed by atoms with Crippen LogP contribution in [0.25, 0.3) is 5.69 Å². The van der Waals surface area contributed by atoms with E-state index in [0.717, 1.165) is 5.69 Å². The molecule has 2 amide bonds. The van der Waals surface area contributed by atoms with Crippen molar-refractivity contribution >= 4 is 23.5 Å². The number of nitrogens with zero attached hydrogens (tertiary/aromatic N) is 3. The first-order chi connectivity index (χ1) is 15.4. The summed E-state index contributed by atoms with van der Waals surface area (Å²) in [6.07, 6.45) is 1.52. The Bertz CT molecular complexity index is 1110. The van der Waals surface area contributed by atoms with Gasteiger partial charge in [-0.1, -0.05) is 24.3 Å². The molecule has 3 rings (SSSR count). The third-order valence-corrected chi connectivity index (χ3v) is 4.33. The number of hydrogen-bond acceptors (Lipinski definition) is 6. The highest BCUT2D eigenvalue weighted by molar-refractivity contribution is 5.97. The number of amides is 2. The summed E-state index contributed by atoms with van der Waals surface area (Å²) in [5, 5.41) is 6.93. The molecule has 0 unspecified atom stereocenters. The van der Waals surface area contributed by atoms with E-state index in [1.807, 2.05) is 30.3 Å². The molecule has 0 aliphatic heterocycles. The fraction of sp³-hybridized carbons (Fsp3) is 0.217. The zero-order chi connectivity index (χ0) is 23.1. The second-order valence-corrected chi connectivity index (χ2v) is 6.96. The monoisotopic (exact) mass is 436 g/mol. The number of rotatable bonds is 8. The largest absolute Gasteiger partial charge is 0.480 e. The highest BCUT2D eigenvalue weighted by Crippen LogP contribution is 2.21. The van der Waals surface area contributed by atoms with E-state index in [1.165, 1.54) is 15.8 Å². The van der Waals surface area contributed by atoms with Crippen molar-refractivity contribution < 1.29 is 23.9 Å². The predicted molar refractivity (Wildman–Crippen MR) is 118 cm³/mol. The molecule has 0 saturated carbocycles. The highest BCUT2D eigenvalue weighted by atomic mass is 16.5. The maximum absolute atomic E-state index is 12.4. The zero-order valence-corrected chi connectivity index (χ0v) is 18.1. The van der Waals surface area contributed by atoms with Crippen LogP contribution in [0.2, 0.25) is 0 Å². The molecule has 3 aromatic rings. The van der Waals surface area contributed by atoms with Crippen LogP contribution in [0.4, 0.5) is 5.69 Å². The van der Waals surface area contributed by atoms with E-state index < -0.39 is 11.9 Å². The van der Waals surface area contributed by atoms with Crippen LogP contribution in [0.1, 0.15) is 27.8 Å². The summed E-state index contributed by atoms with van der Waals surface area (Å²) in [5.41, 5.74) is 1.60. The summed E-state index contributed by atoms with van der Waals surface area (Å²) in [7, 11) is 3.30. The van der Waals surface area contributed by atoms with Gasteiger partial charge in [-0.2, -0.15) is 5.10 Å². The van der Waals surface area contributed by atoms with Crippen LogP contribution in [-0.2, 0) is 9.53 Å². The van der Waals surface area contributed by atoms with Gasteiger partial charge in [-0.25, -0.2) is 9.48 Å². The van der Waals surface area contributed by atoms with Crippen molar-refractivity contribution in [2.75, 3.05) is 32.6 Å². The number of hydrogen-bond donors (Lipinski definition) is 1. The number of esters is 1. The van der Waals surface area contributed by atoms with Gasteiger partial charge < -0.3 is 19.7 Å². The summed E-state index contributed by atoms with van der Waals surface area (Å²) in [4.78, 5) is 38.2. The number of nitrogens with one attached hydrogen (secondary N) is 1. The van der Waals surface area contributed by atoms with E-state index >= 15 is 0 Å². The quantitative estimate of drug-likeness (QED) is 0.545. The average Bonchev–Trinajstić information content (AvgIpc) is 3.22. The molecule has 9 nitrogen and oxygen atoms in total. The number of anilines is 1. The Morgan fingerprint density at radius 2 is 1.81 bits per heavy atom. The van der Waals surface area contributed by atoms with Crippen molar-refractivity contribution in [3.05, 3.63) is 72.1 Å². The minimum Gasteiger partial charge on any atom is -0.480 e. The van der Waals surface area contributed by atoms with Gasteiger partial charge in [-0.15, -0.1) is 0 Å². The molecule has 1 aromatic heterocycles. The lowest BCUT2D eigenvalue weighted by atomic mass is 10.2. The fourth-order valence-corrected chi connectivity index (χ4v) is 2.85. The lowest BCUT2D eigenvalue weighted by Gasteiger charge is -2.12. The van der Waals surface area contributed by atoms with E-state index in [2.05, 4.69) is 10.4 Å². The van der Waals surface area contributed by atoms with E-state index in [9.17, 15) is 14.4 Å². The van der Waals surface area contributed by atoms with Crippen LogP contribution < -0.4 is 10.1 Å². The number of para-hydroxylation sites is 1. The molecule has 0 aliphatic carbocycles. The van der Waals surface area contributed by atoms with Crippen molar-refractivity contribution in [3.63, 3.8) is 0 Å². The van der Waals surface area contributed by atoms with Gasteiger partial charge in [-0.05, 0) is 37.3 Å². The Morgan fingerprint density at radius 1 is 1.06 bits per heavy atom. The molecule has 0 fully saturated rings. The molecule has 9 heteroatoms. The standard InChI is InChI=1S/C23H24N4O5/c1-4-31-23(30)21-19(14-27(25-21)18-11-6-5-7-12-18)32-15-20(28)24-17-10-8-9-16(13-17)22(29)26(2)3/h5-14H,4,15H2,1-3H3,(H,24,28). The molecule has 2 aromatic carbocycles. The summed E-state index contributed by atoms with van der Waals surface area (Å²) in [6.45, 7) is 1.51. The molecule has 0 saturated heterocycles. The SMILES string of the molecule is CCOC(=O)c1nn(-c2ccccc2)cc1OCC(=O)Nc1cccc(C(=O)N(C)C)c1. The Hall–Kier alpha value is -4.14. The van der Waals surface area contributed by atoms with Crippen molar-refractivity contribution in [1.82, 2.24) is 14.7 Å². The lowest BCUT2D eigenvalue weighted by molar-refractivity contribution is -0.118. The van der Waals surface area contributed by atoms with Gasteiger partial charge in [0.15, 0.2) is 12.4 Å². The zero-order valence-electron chi connectivity index (χ0n) is 18.1. The first-order valence-corrected chi connectivity index (χ1v) is 9.95. The molecule has 166 valence electrons. The van der Waals surface area contributed by atoms with Crippen LogP contribution in [-0.4, -0.2) is 59.8 Å². The van der Waals surface area contributed by atoms with Crippen LogP contribution in [0.5, 0.6) is 5.75 Å². The molecule has 0 bridgehead atoms. The Balaban J connectivity index is 1.72.